The predicted molar refractivity (Wildman–Crippen MR) is 71.2 cm³/mol. The maximum absolute atomic E-state index is 6.34. The Balaban J connectivity index is 2.09. The molecule has 2 rings (SSSR count). The summed E-state index contributed by atoms with van der Waals surface area (Å²) < 4.78 is 1.90. The number of nitrogens with zero attached hydrogens (tertiary/aromatic N) is 2. The van der Waals surface area contributed by atoms with E-state index in [0.29, 0.717) is 5.92 Å². The second kappa shape index (κ2) is 5.40. The van der Waals surface area contributed by atoms with Crippen molar-refractivity contribution in [3.05, 3.63) is 16.4 Å². The second-order valence-electron chi connectivity index (χ2n) is 5.10. The summed E-state index contributed by atoms with van der Waals surface area (Å²) in [6, 6.07) is 0.232. The van der Waals surface area contributed by atoms with E-state index in [9.17, 15) is 0 Å². The van der Waals surface area contributed by atoms with Crippen LogP contribution in [0.3, 0.4) is 0 Å². The zero-order chi connectivity index (χ0) is 12.4. The Morgan fingerprint density at radius 2 is 2.12 bits per heavy atom. The highest BCUT2D eigenvalue weighted by molar-refractivity contribution is 6.31. The number of aryl methyl sites for hydroxylation is 2. The van der Waals surface area contributed by atoms with Crippen molar-refractivity contribution < 1.29 is 0 Å². The molecule has 0 aliphatic heterocycles. The highest BCUT2D eigenvalue weighted by Crippen LogP contribution is 2.30. The summed E-state index contributed by atoms with van der Waals surface area (Å²) in [6.07, 6.45) is 6.95. The van der Waals surface area contributed by atoms with Gasteiger partial charge in [0, 0.05) is 19.5 Å². The zero-order valence-corrected chi connectivity index (χ0v) is 11.5. The van der Waals surface area contributed by atoms with Gasteiger partial charge in [0.1, 0.15) is 0 Å². The molecule has 1 aromatic rings. The molecule has 1 atom stereocenters. The lowest BCUT2D eigenvalue weighted by molar-refractivity contribution is 0.421. The molecule has 3 nitrogen and oxygen atoms in total. The van der Waals surface area contributed by atoms with E-state index in [0.717, 1.165) is 29.3 Å². The van der Waals surface area contributed by atoms with E-state index >= 15 is 0 Å². The van der Waals surface area contributed by atoms with E-state index in [-0.39, 0.29) is 6.04 Å². The summed E-state index contributed by atoms with van der Waals surface area (Å²) in [5.41, 5.74) is 8.39. The van der Waals surface area contributed by atoms with Crippen LogP contribution in [-0.4, -0.2) is 15.8 Å². The first-order valence-electron chi connectivity index (χ1n) is 6.59. The first kappa shape index (κ1) is 12.9. The van der Waals surface area contributed by atoms with Gasteiger partial charge in [0.2, 0.25) is 0 Å². The standard InChI is InChI=1S/C13H22ClN3/c1-3-11-13(14)12(17(2)16-11)8-10(15)9-6-4-5-7-9/h9-10H,3-8,15H2,1-2H3. The van der Waals surface area contributed by atoms with Crippen LogP contribution in [0.2, 0.25) is 5.02 Å². The number of hydrogen-bond donors (Lipinski definition) is 1. The molecule has 1 aliphatic rings. The van der Waals surface area contributed by atoms with E-state index in [1.165, 1.54) is 25.7 Å². The highest BCUT2D eigenvalue weighted by atomic mass is 35.5. The molecule has 4 heteroatoms. The number of nitrogens with two attached hydrogens (primary N) is 1. The van der Waals surface area contributed by atoms with Crippen molar-refractivity contribution in [2.24, 2.45) is 18.7 Å². The summed E-state index contributed by atoms with van der Waals surface area (Å²) in [7, 11) is 1.96. The Bertz CT molecular complexity index is 380. The molecule has 0 saturated heterocycles. The lowest BCUT2D eigenvalue weighted by Gasteiger charge is -2.18. The molecule has 1 saturated carbocycles. The second-order valence-corrected chi connectivity index (χ2v) is 5.48. The SMILES string of the molecule is CCc1nn(C)c(CC(N)C2CCCC2)c1Cl. The van der Waals surface area contributed by atoms with Gasteiger partial charge in [-0.3, -0.25) is 4.68 Å². The van der Waals surface area contributed by atoms with Gasteiger partial charge in [-0.25, -0.2) is 0 Å². The van der Waals surface area contributed by atoms with Crippen molar-refractivity contribution >= 4 is 11.6 Å². The fraction of sp³-hybridized carbons (Fsp3) is 0.769. The minimum Gasteiger partial charge on any atom is -0.327 e. The van der Waals surface area contributed by atoms with Crippen molar-refractivity contribution in [2.75, 3.05) is 0 Å². The third-order valence-electron chi connectivity index (χ3n) is 3.94. The van der Waals surface area contributed by atoms with Crippen LogP contribution < -0.4 is 5.73 Å². The summed E-state index contributed by atoms with van der Waals surface area (Å²) in [5.74, 6) is 0.672. The average molecular weight is 256 g/mol. The fourth-order valence-electron chi connectivity index (χ4n) is 2.82. The van der Waals surface area contributed by atoms with Crippen molar-refractivity contribution in [3.8, 4) is 0 Å². The zero-order valence-electron chi connectivity index (χ0n) is 10.7. The first-order chi connectivity index (χ1) is 8.13. The smallest absolute Gasteiger partial charge is 0.0850 e. The summed E-state index contributed by atoms with van der Waals surface area (Å²) in [5, 5.41) is 5.26. The number of rotatable bonds is 4. The molecule has 96 valence electrons. The van der Waals surface area contributed by atoms with Crippen molar-refractivity contribution in [2.45, 2.75) is 51.5 Å². The van der Waals surface area contributed by atoms with Gasteiger partial charge in [-0.05, 0) is 25.2 Å². The van der Waals surface area contributed by atoms with Gasteiger partial charge in [-0.1, -0.05) is 31.4 Å². The minimum absolute atomic E-state index is 0.232. The van der Waals surface area contributed by atoms with Crippen molar-refractivity contribution in [1.29, 1.82) is 0 Å². The van der Waals surface area contributed by atoms with Crippen LogP contribution in [-0.2, 0) is 19.9 Å². The largest absolute Gasteiger partial charge is 0.327 e. The summed E-state index contributed by atoms with van der Waals surface area (Å²) >= 11 is 6.34. The molecule has 17 heavy (non-hydrogen) atoms. The highest BCUT2D eigenvalue weighted by Gasteiger charge is 2.24. The van der Waals surface area contributed by atoms with Gasteiger partial charge in [-0.2, -0.15) is 5.10 Å². The fourth-order valence-corrected chi connectivity index (χ4v) is 3.19. The van der Waals surface area contributed by atoms with Crippen LogP contribution >= 0.6 is 11.6 Å². The first-order valence-corrected chi connectivity index (χ1v) is 6.97. The lowest BCUT2D eigenvalue weighted by atomic mass is 9.95. The van der Waals surface area contributed by atoms with Crippen molar-refractivity contribution in [3.63, 3.8) is 0 Å². The molecule has 2 N–H and O–H groups in total. The van der Waals surface area contributed by atoms with Gasteiger partial charge in [0.15, 0.2) is 0 Å². The third kappa shape index (κ3) is 2.66. The molecule has 0 bridgehead atoms. The normalized spacial score (nSPS) is 18.8. The van der Waals surface area contributed by atoms with Crippen LogP contribution in [0, 0.1) is 5.92 Å². The van der Waals surface area contributed by atoms with Gasteiger partial charge in [0.05, 0.1) is 16.4 Å². The topological polar surface area (TPSA) is 43.8 Å². The van der Waals surface area contributed by atoms with E-state index in [1.807, 2.05) is 11.7 Å². The maximum Gasteiger partial charge on any atom is 0.0850 e. The number of halogens is 1. The molecular weight excluding hydrogens is 234 g/mol. The molecule has 1 unspecified atom stereocenters. The quantitative estimate of drug-likeness (QED) is 0.899. The molecule has 0 aromatic carbocycles. The van der Waals surface area contributed by atoms with Crippen molar-refractivity contribution in [1.82, 2.24) is 9.78 Å². The van der Waals surface area contributed by atoms with Gasteiger partial charge >= 0.3 is 0 Å². The predicted octanol–water partition coefficient (Wildman–Crippen LogP) is 2.70. The van der Waals surface area contributed by atoms with Gasteiger partial charge in [0.25, 0.3) is 0 Å². The van der Waals surface area contributed by atoms with Crippen LogP contribution in [0.5, 0.6) is 0 Å². The molecule has 0 spiro atoms. The monoisotopic (exact) mass is 255 g/mol. The average Bonchev–Trinajstić information content (AvgIpc) is 2.92. The minimum atomic E-state index is 0.232. The summed E-state index contributed by atoms with van der Waals surface area (Å²) in [4.78, 5) is 0. The van der Waals surface area contributed by atoms with Crippen LogP contribution in [0.4, 0.5) is 0 Å². The molecule has 1 aromatic heterocycles. The Morgan fingerprint density at radius 1 is 1.47 bits per heavy atom. The Labute approximate surface area is 108 Å². The Kier molecular flexibility index (Phi) is 4.10. The molecular formula is C13H22ClN3. The number of aromatic nitrogens is 2. The van der Waals surface area contributed by atoms with Gasteiger partial charge in [-0.15, -0.1) is 0 Å². The molecule has 1 fully saturated rings. The summed E-state index contributed by atoms with van der Waals surface area (Å²) in [6.45, 7) is 2.08. The van der Waals surface area contributed by atoms with E-state index in [1.54, 1.807) is 0 Å². The maximum atomic E-state index is 6.34. The van der Waals surface area contributed by atoms with E-state index in [4.69, 9.17) is 17.3 Å². The van der Waals surface area contributed by atoms with E-state index < -0.39 is 0 Å². The third-order valence-corrected chi connectivity index (χ3v) is 4.37. The van der Waals surface area contributed by atoms with E-state index in [2.05, 4.69) is 12.0 Å². The molecule has 0 radical (unpaired) electrons. The number of hydrogen-bond acceptors (Lipinski definition) is 2. The van der Waals surface area contributed by atoms with Crippen LogP contribution in [0.15, 0.2) is 0 Å². The van der Waals surface area contributed by atoms with Crippen LogP contribution in [0.1, 0.15) is 44.0 Å². The Morgan fingerprint density at radius 3 is 2.65 bits per heavy atom. The lowest BCUT2D eigenvalue weighted by Crippen LogP contribution is -2.31. The molecule has 1 heterocycles. The Hall–Kier alpha value is -0.540. The molecule has 1 aliphatic carbocycles. The van der Waals surface area contributed by atoms with Crippen LogP contribution in [0.25, 0.3) is 0 Å². The van der Waals surface area contributed by atoms with Gasteiger partial charge < -0.3 is 5.73 Å². The molecule has 0 amide bonds.